The highest BCUT2D eigenvalue weighted by molar-refractivity contribution is 6.44. The Morgan fingerprint density at radius 2 is 1.78 bits per heavy atom. The van der Waals surface area contributed by atoms with Crippen LogP contribution in [0.3, 0.4) is 0 Å². The maximum atomic E-state index is 12.4. The first kappa shape index (κ1) is 16.0. The second-order valence-electron chi connectivity index (χ2n) is 6.67. The third kappa shape index (κ3) is 3.24. The van der Waals surface area contributed by atoms with Gasteiger partial charge in [-0.25, -0.2) is 0 Å². The summed E-state index contributed by atoms with van der Waals surface area (Å²) in [5, 5.41) is 5.94. The number of ketones is 1. The Balaban J connectivity index is 1.66. The number of fused-ring (bicyclic) bond motifs is 2. The molecule has 2 unspecified atom stereocenters. The molecule has 0 aromatic heterocycles. The van der Waals surface area contributed by atoms with Gasteiger partial charge in [-0.3, -0.25) is 9.59 Å². The van der Waals surface area contributed by atoms with E-state index in [2.05, 4.69) is 22.6 Å². The van der Waals surface area contributed by atoms with Gasteiger partial charge < -0.3 is 15.5 Å². The first-order valence-corrected chi connectivity index (χ1v) is 8.44. The summed E-state index contributed by atoms with van der Waals surface area (Å²) in [6.07, 6.45) is 5.54. The second kappa shape index (κ2) is 6.71. The SMILES string of the molecule is CNc1ccccc1C(=O)C(=O)NC1CC2CCCC(C1)N2C. The molecule has 23 heavy (non-hydrogen) atoms. The number of piperidine rings is 2. The molecular weight excluding hydrogens is 290 g/mol. The van der Waals surface area contributed by atoms with Crippen molar-refractivity contribution in [3.05, 3.63) is 29.8 Å². The smallest absolute Gasteiger partial charge is 0.292 e. The molecule has 1 amide bonds. The minimum atomic E-state index is -0.486. The zero-order valence-electron chi connectivity index (χ0n) is 13.8. The molecular formula is C18H25N3O2. The summed E-state index contributed by atoms with van der Waals surface area (Å²) in [6, 6.07) is 8.30. The predicted molar refractivity (Wildman–Crippen MR) is 90.7 cm³/mol. The molecule has 124 valence electrons. The van der Waals surface area contributed by atoms with E-state index in [1.807, 2.05) is 6.07 Å². The number of anilines is 1. The second-order valence-corrected chi connectivity index (χ2v) is 6.67. The summed E-state index contributed by atoms with van der Waals surface area (Å²) < 4.78 is 0. The Kier molecular flexibility index (Phi) is 4.66. The predicted octanol–water partition coefficient (Wildman–Crippen LogP) is 2.04. The lowest BCUT2D eigenvalue weighted by molar-refractivity contribution is -0.118. The van der Waals surface area contributed by atoms with E-state index in [1.54, 1.807) is 25.2 Å². The van der Waals surface area contributed by atoms with Gasteiger partial charge in [0, 0.05) is 30.9 Å². The molecule has 2 aliphatic rings. The van der Waals surface area contributed by atoms with Crippen molar-refractivity contribution in [3.8, 4) is 0 Å². The van der Waals surface area contributed by atoms with Crippen LogP contribution in [0, 0.1) is 0 Å². The number of nitrogens with zero attached hydrogens (tertiary/aromatic N) is 1. The van der Waals surface area contributed by atoms with Crippen molar-refractivity contribution in [1.29, 1.82) is 0 Å². The Bertz CT molecular complexity index is 588. The van der Waals surface area contributed by atoms with Crippen molar-refractivity contribution in [3.63, 3.8) is 0 Å². The first-order chi connectivity index (χ1) is 11.1. The summed E-state index contributed by atoms with van der Waals surface area (Å²) in [5.74, 6) is -0.945. The third-order valence-electron chi connectivity index (χ3n) is 5.32. The van der Waals surface area contributed by atoms with Gasteiger partial charge >= 0.3 is 0 Å². The highest BCUT2D eigenvalue weighted by Crippen LogP contribution is 2.32. The average molecular weight is 315 g/mol. The van der Waals surface area contributed by atoms with Crippen LogP contribution in [0.15, 0.2) is 24.3 Å². The topological polar surface area (TPSA) is 61.4 Å². The molecule has 2 atom stereocenters. The molecule has 1 aromatic rings. The molecule has 2 fully saturated rings. The quantitative estimate of drug-likeness (QED) is 0.659. The molecule has 2 aliphatic heterocycles. The summed E-state index contributed by atoms with van der Waals surface area (Å²) in [4.78, 5) is 27.3. The molecule has 2 heterocycles. The highest BCUT2D eigenvalue weighted by Gasteiger charge is 2.37. The summed E-state index contributed by atoms with van der Waals surface area (Å²) >= 11 is 0. The standard InChI is InChI=1S/C18H25N3O2/c1-19-16-9-4-3-8-15(16)17(22)18(23)20-12-10-13-6-5-7-14(11-12)21(13)2/h3-4,8-9,12-14,19H,5-7,10-11H2,1-2H3,(H,20,23). The van der Waals surface area contributed by atoms with Gasteiger partial charge in [0.15, 0.2) is 0 Å². The zero-order valence-corrected chi connectivity index (χ0v) is 13.8. The van der Waals surface area contributed by atoms with E-state index in [4.69, 9.17) is 0 Å². The van der Waals surface area contributed by atoms with Gasteiger partial charge in [-0.05, 0) is 44.9 Å². The first-order valence-electron chi connectivity index (χ1n) is 8.44. The fourth-order valence-electron chi connectivity index (χ4n) is 4.01. The lowest BCUT2D eigenvalue weighted by atomic mass is 9.82. The van der Waals surface area contributed by atoms with Crippen LogP contribution >= 0.6 is 0 Å². The summed E-state index contributed by atoms with van der Waals surface area (Å²) in [7, 11) is 3.93. The number of carbonyl (C=O) groups excluding carboxylic acids is 2. The van der Waals surface area contributed by atoms with Crippen LogP contribution in [0.4, 0.5) is 5.69 Å². The van der Waals surface area contributed by atoms with Crippen molar-refractivity contribution in [2.45, 2.75) is 50.2 Å². The van der Waals surface area contributed by atoms with Crippen LogP contribution in [-0.2, 0) is 4.79 Å². The Hall–Kier alpha value is -1.88. The van der Waals surface area contributed by atoms with Crippen molar-refractivity contribution in [1.82, 2.24) is 10.2 Å². The van der Waals surface area contributed by atoms with E-state index in [9.17, 15) is 9.59 Å². The lowest BCUT2D eigenvalue weighted by Gasteiger charge is -2.47. The van der Waals surface area contributed by atoms with Crippen LogP contribution in [0.1, 0.15) is 42.5 Å². The number of para-hydroxylation sites is 1. The lowest BCUT2D eigenvalue weighted by Crippen LogP contribution is -2.55. The van der Waals surface area contributed by atoms with E-state index in [1.165, 1.54) is 19.3 Å². The van der Waals surface area contributed by atoms with E-state index < -0.39 is 11.7 Å². The van der Waals surface area contributed by atoms with Crippen LogP contribution in [-0.4, -0.2) is 48.8 Å². The monoisotopic (exact) mass is 315 g/mol. The van der Waals surface area contributed by atoms with Crippen molar-refractivity contribution >= 4 is 17.4 Å². The largest absolute Gasteiger partial charge is 0.388 e. The summed E-state index contributed by atoms with van der Waals surface area (Å²) in [6.45, 7) is 0. The van der Waals surface area contributed by atoms with Gasteiger partial charge in [0.25, 0.3) is 11.7 Å². The van der Waals surface area contributed by atoms with E-state index in [0.717, 1.165) is 12.8 Å². The zero-order chi connectivity index (χ0) is 16.4. The molecule has 2 N–H and O–H groups in total. The molecule has 2 bridgehead atoms. The van der Waals surface area contributed by atoms with Gasteiger partial charge in [0.1, 0.15) is 0 Å². The number of Topliss-reactive ketones (excluding diaryl/α,β-unsaturated/α-hetero) is 1. The minimum absolute atomic E-state index is 0.111. The van der Waals surface area contributed by atoms with Crippen LogP contribution in [0.5, 0.6) is 0 Å². The molecule has 1 aromatic carbocycles. The Labute approximate surface area is 137 Å². The van der Waals surface area contributed by atoms with Crippen molar-refractivity contribution in [2.75, 3.05) is 19.4 Å². The normalized spacial score (nSPS) is 27.3. The number of hydrogen-bond donors (Lipinski definition) is 2. The van der Waals surface area contributed by atoms with Crippen LogP contribution in [0.25, 0.3) is 0 Å². The number of rotatable bonds is 4. The molecule has 5 nitrogen and oxygen atoms in total. The number of nitrogens with one attached hydrogen (secondary N) is 2. The molecule has 0 radical (unpaired) electrons. The molecule has 0 spiro atoms. The summed E-state index contributed by atoms with van der Waals surface area (Å²) in [5.41, 5.74) is 1.12. The van der Waals surface area contributed by atoms with Crippen LogP contribution < -0.4 is 10.6 Å². The number of amides is 1. The maximum absolute atomic E-state index is 12.4. The van der Waals surface area contributed by atoms with Crippen molar-refractivity contribution < 1.29 is 9.59 Å². The third-order valence-corrected chi connectivity index (χ3v) is 5.32. The molecule has 0 aliphatic carbocycles. The van der Waals surface area contributed by atoms with Gasteiger partial charge in [-0.1, -0.05) is 18.6 Å². The number of carbonyl (C=O) groups is 2. The Morgan fingerprint density at radius 1 is 1.13 bits per heavy atom. The highest BCUT2D eigenvalue weighted by atomic mass is 16.2. The van der Waals surface area contributed by atoms with Gasteiger partial charge in [-0.15, -0.1) is 0 Å². The van der Waals surface area contributed by atoms with E-state index in [0.29, 0.717) is 23.3 Å². The fraction of sp³-hybridized carbons (Fsp3) is 0.556. The van der Waals surface area contributed by atoms with Gasteiger partial charge in [-0.2, -0.15) is 0 Å². The van der Waals surface area contributed by atoms with Gasteiger partial charge in [0.05, 0.1) is 5.56 Å². The number of benzene rings is 1. The van der Waals surface area contributed by atoms with E-state index >= 15 is 0 Å². The van der Waals surface area contributed by atoms with Crippen molar-refractivity contribution in [2.24, 2.45) is 0 Å². The van der Waals surface area contributed by atoms with Crippen LogP contribution in [0.2, 0.25) is 0 Å². The number of hydrogen-bond acceptors (Lipinski definition) is 4. The molecule has 2 saturated heterocycles. The average Bonchev–Trinajstić information content (AvgIpc) is 2.55. The molecule has 0 saturated carbocycles. The Morgan fingerprint density at radius 3 is 2.43 bits per heavy atom. The molecule has 3 rings (SSSR count). The maximum Gasteiger partial charge on any atom is 0.292 e. The minimum Gasteiger partial charge on any atom is -0.388 e. The van der Waals surface area contributed by atoms with Gasteiger partial charge in [0.2, 0.25) is 0 Å². The van der Waals surface area contributed by atoms with E-state index in [-0.39, 0.29) is 6.04 Å². The molecule has 5 heteroatoms. The fourth-order valence-corrected chi connectivity index (χ4v) is 4.01.